The Morgan fingerprint density at radius 2 is 2.06 bits per heavy atom. The van der Waals surface area contributed by atoms with E-state index in [-0.39, 0.29) is 0 Å². The molecule has 1 aliphatic rings. The summed E-state index contributed by atoms with van der Waals surface area (Å²) >= 11 is 0. The van der Waals surface area contributed by atoms with Crippen molar-refractivity contribution >= 4 is 0 Å². The summed E-state index contributed by atoms with van der Waals surface area (Å²) in [5.41, 5.74) is 0. The number of likely N-dealkylation sites (tertiary alicyclic amines) is 1. The Hall–Kier alpha value is -0.160. The highest BCUT2D eigenvalue weighted by Gasteiger charge is 2.22. The molecule has 108 valence electrons. The molecule has 1 rings (SSSR count). The van der Waals surface area contributed by atoms with Crippen molar-refractivity contribution in [1.29, 1.82) is 0 Å². The van der Waals surface area contributed by atoms with Crippen LogP contribution in [0.4, 0.5) is 0 Å². The average molecular weight is 258 g/mol. The Morgan fingerprint density at radius 3 is 2.67 bits per heavy atom. The topological polar surface area (TPSA) is 33.7 Å². The lowest BCUT2D eigenvalue weighted by molar-refractivity contribution is 0.00590. The highest BCUT2D eigenvalue weighted by molar-refractivity contribution is 4.77. The van der Waals surface area contributed by atoms with E-state index in [4.69, 9.17) is 9.47 Å². The molecular formula is C14H30N2O2. The van der Waals surface area contributed by atoms with Gasteiger partial charge in [0.05, 0.1) is 6.10 Å². The van der Waals surface area contributed by atoms with Crippen molar-refractivity contribution < 1.29 is 9.47 Å². The van der Waals surface area contributed by atoms with Crippen molar-refractivity contribution in [3.63, 3.8) is 0 Å². The van der Waals surface area contributed by atoms with E-state index in [0.29, 0.717) is 12.1 Å². The van der Waals surface area contributed by atoms with E-state index < -0.39 is 0 Å². The number of nitrogens with one attached hydrogen (secondary N) is 1. The summed E-state index contributed by atoms with van der Waals surface area (Å²) in [6.07, 6.45) is 3.95. The maximum absolute atomic E-state index is 5.68. The molecule has 1 saturated heterocycles. The summed E-state index contributed by atoms with van der Waals surface area (Å²) in [6, 6.07) is 0.620. The molecule has 0 aromatic carbocycles. The quantitative estimate of drug-likeness (QED) is 0.636. The lowest BCUT2D eigenvalue weighted by Gasteiger charge is -2.36. The van der Waals surface area contributed by atoms with Gasteiger partial charge in [-0.25, -0.2) is 0 Å². The van der Waals surface area contributed by atoms with Crippen LogP contribution in [0.1, 0.15) is 33.1 Å². The van der Waals surface area contributed by atoms with Gasteiger partial charge in [-0.3, -0.25) is 4.90 Å². The Balaban J connectivity index is 2.06. The number of hydrogen-bond donors (Lipinski definition) is 1. The molecule has 0 saturated carbocycles. The summed E-state index contributed by atoms with van der Waals surface area (Å²) in [7, 11) is 1.76. The predicted octanol–water partition coefficient (Wildman–Crippen LogP) is 1.50. The number of rotatable bonds is 9. The molecule has 0 radical (unpaired) electrons. The Labute approximate surface area is 112 Å². The van der Waals surface area contributed by atoms with Gasteiger partial charge in [0.1, 0.15) is 0 Å². The highest BCUT2D eigenvalue weighted by atomic mass is 16.5. The van der Waals surface area contributed by atoms with Crippen molar-refractivity contribution in [3.8, 4) is 0 Å². The minimum atomic E-state index is 0.494. The number of hydrogen-bond acceptors (Lipinski definition) is 4. The molecule has 1 atom stereocenters. The Bertz CT molecular complexity index is 194. The fraction of sp³-hybridized carbons (Fsp3) is 1.00. The van der Waals surface area contributed by atoms with Gasteiger partial charge in [-0.15, -0.1) is 0 Å². The van der Waals surface area contributed by atoms with Gasteiger partial charge in [-0.2, -0.15) is 0 Å². The van der Waals surface area contributed by atoms with E-state index in [0.717, 1.165) is 32.7 Å². The van der Waals surface area contributed by atoms with Gasteiger partial charge in [0, 0.05) is 46.0 Å². The lowest BCUT2D eigenvalue weighted by atomic mass is 10.1. The first-order valence-corrected chi connectivity index (χ1v) is 7.33. The van der Waals surface area contributed by atoms with Gasteiger partial charge in [0.15, 0.2) is 0 Å². The summed E-state index contributed by atoms with van der Waals surface area (Å²) in [6.45, 7) is 10.6. The van der Waals surface area contributed by atoms with E-state index in [9.17, 15) is 0 Å². The summed E-state index contributed by atoms with van der Waals surface area (Å²) in [5.74, 6) is 0. The minimum absolute atomic E-state index is 0.494. The van der Waals surface area contributed by atoms with Gasteiger partial charge in [-0.05, 0) is 39.7 Å². The molecule has 4 nitrogen and oxygen atoms in total. The zero-order chi connectivity index (χ0) is 13.2. The molecule has 0 spiro atoms. The molecule has 0 amide bonds. The van der Waals surface area contributed by atoms with Crippen LogP contribution in [0.3, 0.4) is 0 Å². The molecule has 1 heterocycles. The maximum atomic E-state index is 5.68. The largest absolute Gasteiger partial charge is 0.385 e. The Morgan fingerprint density at radius 1 is 1.33 bits per heavy atom. The second-order valence-corrected chi connectivity index (χ2v) is 5.09. The predicted molar refractivity (Wildman–Crippen MR) is 75.0 cm³/mol. The first-order chi connectivity index (χ1) is 8.77. The van der Waals surface area contributed by atoms with Crippen molar-refractivity contribution in [2.24, 2.45) is 0 Å². The fourth-order valence-corrected chi connectivity index (χ4v) is 2.50. The Kier molecular flexibility index (Phi) is 8.59. The SMILES string of the molecule is CCOC1CCN(C(C)CNCCCOC)CC1. The van der Waals surface area contributed by atoms with Crippen LogP contribution in [0.5, 0.6) is 0 Å². The van der Waals surface area contributed by atoms with Crippen LogP contribution in [0.2, 0.25) is 0 Å². The van der Waals surface area contributed by atoms with Gasteiger partial charge in [0.2, 0.25) is 0 Å². The van der Waals surface area contributed by atoms with E-state index in [1.807, 2.05) is 0 Å². The molecule has 0 bridgehead atoms. The van der Waals surface area contributed by atoms with Gasteiger partial charge in [0.25, 0.3) is 0 Å². The summed E-state index contributed by atoms with van der Waals surface area (Å²) < 4.78 is 10.7. The van der Waals surface area contributed by atoms with Gasteiger partial charge >= 0.3 is 0 Å². The van der Waals surface area contributed by atoms with Crippen LogP contribution < -0.4 is 5.32 Å². The maximum Gasteiger partial charge on any atom is 0.0599 e. The number of methoxy groups -OCH3 is 1. The van der Waals surface area contributed by atoms with E-state index in [1.54, 1.807) is 7.11 Å². The average Bonchev–Trinajstić information content (AvgIpc) is 2.39. The molecule has 1 aliphatic heterocycles. The molecule has 1 N–H and O–H groups in total. The normalized spacial score (nSPS) is 20.2. The van der Waals surface area contributed by atoms with Crippen LogP contribution in [0.25, 0.3) is 0 Å². The molecule has 1 fully saturated rings. The fourth-order valence-electron chi connectivity index (χ4n) is 2.50. The van der Waals surface area contributed by atoms with E-state index in [2.05, 4.69) is 24.1 Å². The second kappa shape index (κ2) is 9.73. The zero-order valence-electron chi connectivity index (χ0n) is 12.3. The van der Waals surface area contributed by atoms with E-state index >= 15 is 0 Å². The van der Waals surface area contributed by atoms with Crippen LogP contribution in [0.15, 0.2) is 0 Å². The van der Waals surface area contributed by atoms with Crippen LogP contribution >= 0.6 is 0 Å². The van der Waals surface area contributed by atoms with Gasteiger partial charge in [-0.1, -0.05) is 0 Å². The monoisotopic (exact) mass is 258 g/mol. The summed E-state index contributed by atoms with van der Waals surface area (Å²) in [4.78, 5) is 2.57. The molecule has 4 heteroatoms. The number of ether oxygens (including phenoxy) is 2. The lowest BCUT2D eigenvalue weighted by Crippen LogP contribution is -2.46. The third-order valence-corrected chi connectivity index (χ3v) is 3.64. The smallest absolute Gasteiger partial charge is 0.0599 e. The minimum Gasteiger partial charge on any atom is -0.385 e. The van der Waals surface area contributed by atoms with Crippen molar-refractivity contribution in [1.82, 2.24) is 10.2 Å². The van der Waals surface area contributed by atoms with E-state index in [1.165, 1.54) is 25.9 Å². The molecule has 18 heavy (non-hydrogen) atoms. The van der Waals surface area contributed by atoms with Crippen LogP contribution in [0, 0.1) is 0 Å². The first kappa shape index (κ1) is 15.9. The van der Waals surface area contributed by atoms with Crippen LogP contribution in [-0.4, -0.2) is 63.5 Å². The van der Waals surface area contributed by atoms with Gasteiger partial charge < -0.3 is 14.8 Å². The molecule has 0 aromatic rings. The molecular weight excluding hydrogens is 228 g/mol. The number of nitrogens with zero attached hydrogens (tertiary/aromatic N) is 1. The standard InChI is InChI=1S/C14H30N2O2/c1-4-18-14-6-9-16(10-7-14)13(2)12-15-8-5-11-17-3/h13-15H,4-12H2,1-3H3. The first-order valence-electron chi connectivity index (χ1n) is 7.33. The summed E-state index contributed by atoms with van der Waals surface area (Å²) in [5, 5.41) is 3.50. The van der Waals surface area contributed by atoms with Crippen molar-refractivity contribution in [2.45, 2.75) is 45.3 Å². The second-order valence-electron chi connectivity index (χ2n) is 5.09. The third-order valence-electron chi connectivity index (χ3n) is 3.64. The number of piperidine rings is 1. The zero-order valence-corrected chi connectivity index (χ0v) is 12.3. The molecule has 0 aromatic heterocycles. The van der Waals surface area contributed by atoms with Crippen molar-refractivity contribution in [3.05, 3.63) is 0 Å². The highest BCUT2D eigenvalue weighted by Crippen LogP contribution is 2.15. The molecule has 0 aliphatic carbocycles. The third kappa shape index (κ3) is 6.14. The van der Waals surface area contributed by atoms with Crippen LogP contribution in [-0.2, 0) is 9.47 Å². The van der Waals surface area contributed by atoms with Crippen molar-refractivity contribution in [2.75, 3.05) is 46.5 Å². The molecule has 1 unspecified atom stereocenters.